The molecular weight excluding hydrogens is 397 g/mol. The van der Waals surface area contributed by atoms with Crippen molar-refractivity contribution < 1.29 is 22.4 Å². The highest BCUT2D eigenvalue weighted by atomic mass is 32.2. The van der Waals surface area contributed by atoms with Gasteiger partial charge in [0.05, 0.1) is 23.0 Å². The summed E-state index contributed by atoms with van der Waals surface area (Å²) < 4.78 is 40.0. The van der Waals surface area contributed by atoms with Crippen LogP contribution in [0.5, 0.6) is 0 Å². The number of carbonyl (C=O) groups is 2. The van der Waals surface area contributed by atoms with Gasteiger partial charge in [-0.05, 0) is 36.4 Å². The van der Waals surface area contributed by atoms with E-state index in [-0.39, 0.29) is 36.2 Å². The molecule has 29 heavy (non-hydrogen) atoms. The average molecular weight is 417 g/mol. The summed E-state index contributed by atoms with van der Waals surface area (Å²) in [6.07, 6.45) is 0.0294. The van der Waals surface area contributed by atoms with Crippen molar-refractivity contribution in [2.45, 2.75) is 17.4 Å². The summed E-state index contributed by atoms with van der Waals surface area (Å²) in [6.45, 7) is 1.19. The first-order valence-corrected chi connectivity index (χ1v) is 10.7. The molecule has 152 valence electrons. The number of nitrogens with zero attached hydrogens (tertiary/aromatic N) is 3. The zero-order chi connectivity index (χ0) is 20.6. The van der Waals surface area contributed by atoms with Crippen molar-refractivity contribution in [3.05, 3.63) is 60.4 Å². The number of rotatable bonds is 4. The van der Waals surface area contributed by atoms with Gasteiger partial charge in [-0.25, -0.2) is 17.7 Å². The number of piperazine rings is 1. The highest BCUT2D eigenvalue weighted by Gasteiger charge is 2.44. The van der Waals surface area contributed by atoms with E-state index in [9.17, 15) is 22.4 Å². The smallest absolute Gasteiger partial charge is 0.251 e. The van der Waals surface area contributed by atoms with Crippen molar-refractivity contribution in [1.29, 1.82) is 0 Å². The second kappa shape index (κ2) is 7.66. The van der Waals surface area contributed by atoms with Crippen molar-refractivity contribution in [3.63, 3.8) is 0 Å². The molecule has 2 heterocycles. The summed E-state index contributed by atoms with van der Waals surface area (Å²) in [4.78, 5) is 28.4. The zero-order valence-electron chi connectivity index (χ0n) is 15.6. The van der Waals surface area contributed by atoms with Crippen LogP contribution in [0.2, 0.25) is 0 Å². The number of sulfonamides is 1. The molecule has 9 heteroatoms. The van der Waals surface area contributed by atoms with E-state index in [0.717, 1.165) is 4.90 Å². The zero-order valence-corrected chi connectivity index (χ0v) is 16.4. The lowest BCUT2D eigenvalue weighted by molar-refractivity contribution is -0.123. The summed E-state index contributed by atoms with van der Waals surface area (Å²) in [5.41, 5.74) is 0.342. The van der Waals surface area contributed by atoms with Crippen LogP contribution in [0.1, 0.15) is 6.42 Å². The third-order valence-corrected chi connectivity index (χ3v) is 7.22. The van der Waals surface area contributed by atoms with Gasteiger partial charge in [-0.1, -0.05) is 18.2 Å². The third-order valence-electron chi connectivity index (χ3n) is 5.30. The number of anilines is 1. The first-order chi connectivity index (χ1) is 13.9. The summed E-state index contributed by atoms with van der Waals surface area (Å²) in [5, 5.41) is 0. The molecule has 2 aliphatic rings. The second-order valence-electron chi connectivity index (χ2n) is 7.02. The number of benzene rings is 2. The van der Waals surface area contributed by atoms with Gasteiger partial charge in [0.1, 0.15) is 5.82 Å². The van der Waals surface area contributed by atoms with Crippen LogP contribution in [-0.2, 0) is 19.6 Å². The van der Waals surface area contributed by atoms with Crippen LogP contribution < -0.4 is 4.90 Å². The van der Waals surface area contributed by atoms with E-state index in [1.165, 1.54) is 28.6 Å². The molecule has 1 atom stereocenters. The monoisotopic (exact) mass is 417 g/mol. The van der Waals surface area contributed by atoms with E-state index in [4.69, 9.17) is 0 Å². The fourth-order valence-electron chi connectivity index (χ4n) is 3.76. The van der Waals surface area contributed by atoms with E-state index >= 15 is 0 Å². The van der Waals surface area contributed by atoms with Gasteiger partial charge in [-0.3, -0.25) is 14.5 Å². The molecule has 0 bridgehead atoms. The van der Waals surface area contributed by atoms with Crippen LogP contribution in [0.25, 0.3) is 0 Å². The number of halogens is 1. The first-order valence-electron chi connectivity index (χ1n) is 9.29. The first kappa shape index (κ1) is 19.7. The molecule has 2 saturated heterocycles. The molecule has 0 aromatic heterocycles. The molecule has 2 amide bonds. The Morgan fingerprint density at radius 2 is 1.48 bits per heavy atom. The minimum atomic E-state index is -3.58. The van der Waals surface area contributed by atoms with Crippen LogP contribution >= 0.6 is 0 Å². The summed E-state index contributed by atoms with van der Waals surface area (Å²) >= 11 is 0. The quantitative estimate of drug-likeness (QED) is 0.704. The Balaban J connectivity index is 1.44. The lowest BCUT2D eigenvalue weighted by atomic mass is 10.2. The average Bonchev–Trinajstić information content (AvgIpc) is 3.03. The van der Waals surface area contributed by atoms with Gasteiger partial charge in [-0.2, -0.15) is 4.31 Å². The van der Waals surface area contributed by atoms with Crippen molar-refractivity contribution in [2.75, 3.05) is 31.1 Å². The number of carbonyl (C=O) groups excluding carboxylic acids is 2. The minimum absolute atomic E-state index is 0.0294. The maximum atomic E-state index is 13.1. The molecule has 2 fully saturated rings. The standard InChI is InChI=1S/C20H20FN3O4S/c21-15-6-8-16(9-7-15)24-19(25)14-18(20(24)26)22-10-12-23(13-11-22)29(27,28)17-4-2-1-3-5-17/h1-9,18H,10-14H2. The predicted octanol–water partition coefficient (Wildman–Crippen LogP) is 1.46. The number of amides is 2. The molecule has 7 nitrogen and oxygen atoms in total. The highest BCUT2D eigenvalue weighted by Crippen LogP contribution is 2.27. The van der Waals surface area contributed by atoms with Gasteiger partial charge in [0.15, 0.2) is 0 Å². The van der Waals surface area contributed by atoms with E-state index in [1.54, 1.807) is 30.3 Å². The van der Waals surface area contributed by atoms with Crippen LogP contribution in [0, 0.1) is 5.82 Å². The van der Waals surface area contributed by atoms with Crippen LogP contribution in [0.3, 0.4) is 0 Å². The Morgan fingerprint density at radius 1 is 0.862 bits per heavy atom. The Labute approximate surface area is 168 Å². The minimum Gasteiger partial charge on any atom is -0.289 e. The number of hydrogen-bond acceptors (Lipinski definition) is 5. The summed E-state index contributed by atoms with van der Waals surface area (Å²) in [6, 6.07) is 12.8. The maximum Gasteiger partial charge on any atom is 0.251 e. The fourth-order valence-corrected chi connectivity index (χ4v) is 5.20. The summed E-state index contributed by atoms with van der Waals surface area (Å²) in [7, 11) is -3.58. The fraction of sp³-hybridized carbons (Fsp3) is 0.300. The van der Waals surface area contributed by atoms with Gasteiger partial charge in [0.25, 0.3) is 5.91 Å². The normalized spacial score (nSPS) is 21.7. The number of imide groups is 1. The molecular formula is C20H20FN3O4S. The van der Waals surface area contributed by atoms with Gasteiger partial charge >= 0.3 is 0 Å². The molecule has 2 aromatic rings. The van der Waals surface area contributed by atoms with Crippen molar-refractivity contribution in [2.24, 2.45) is 0 Å². The summed E-state index contributed by atoms with van der Waals surface area (Å²) in [5.74, 6) is -1.15. The molecule has 2 aromatic carbocycles. The molecule has 0 spiro atoms. The largest absolute Gasteiger partial charge is 0.289 e. The molecule has 2 aliphatic heterocycles. The van der Waals surface area contributed by atoms with Gasteiger partial charge in [-0.15, -0.1) is 0 Å². The molecule has 0 saturated carbocycles. The van der Waals surface area contributed by atoms with Crippen molar-refractivity contribution in [1.82, 2.24) is 9.21 Å². The molecule has 0 aliphatic carbocycles. The highest BCUT2D eigenvalue weighted by molar-refractivity contribution is 7.89. The van der Waals surface area contributed by atoms with Crippen LogP contribution in [0.4, 0.5) is 10.1 Å². The predicted molar refractivity (Wildman–Crippen MR) is 104 cm³/mol. The third kappa shape index (κ3) is 3.68. The Kier molecular flexibility index (Phi) is 5.20. The second-order valence-corrected chi connectivity index (χ2v) is 8.95. The molecule has 4 rings (SSSR count). The Hall–Kier alpha value is -2.62. The SMILES string of the molecule is O=C1CC(N2CCN(S(=O)(=O)c3ccccc3)CC2)C(=O)N1c1ccc(F)cc1. The van der Waals surface area contributed by atoms with E-state index < -0.39 is 21.9 Å². The Morgan fingerprint density at radius 3 is 2.10 bits per heavy atom. The molecule has 0 N–H and O–H groups in total. The van der Waals surface area contributed by atoms with Crippen molar-refractivity contribution >= 4 is 27.5 Å². The maximum absolute atomic E-state index is 13.1. The number of hydrogen-bond donors (Lipinski definition) is 0. The van der Waals surface area contributed by atoms with Crippen molar-refractivity contribution in [3.8, 4) is 0 Å². The Bertz CT molecular complexity index is 1020. The van der Waals surface area contributed by atoms with Gasteiger partial charge in [0.2, 0.25) is 15.9 Å². The lowest BCUT2D eigenvalue weighted by Crippen LogP contribution is -2.53. The molecule has 0 radical (unpaired) electrons. The van der Waals surface area contributed by atoms with E-state index in [0.29, 0.717) is 18.8 Å². The van der Waals surface area contributed by atoms with Gasteiger partial charge in [0, 0.05) is 26.2 Å². The van der Waals surface area contributed by atoms with Crippen LogP contribution in [0.15, 0.2) is 59.5 Å². The van der Waals surface area contributed by atoms with E-state index in [2.05, 4.69) is 0 Å². The topological polar surface area (TPSA) is 78.0 Å². The van der Waals surface area contributed by atoms with Crippen LogP contribution in [-0.4, -0.2) is 61.7 Å². The van der Waals surface area contributed by atoms with E-state index in [1.807, 2.05) is 4.90 Å². The lowest BCUT2D eigenvalue weighted by Gasteiger charge is -2.36. The van der Waals surface area contributed by atoms with Gasteiger partial charge < -0.3 is 0 Å². The molecule has 1 unspecified atom stereocenters.